The Hall–Kier alpha value is -2.96. The summed E-state index contributed by atoms with van der Waals surface area (Å²) in [7, 11) is 0. The molecule has 1 amide bonds. The number of amides is 1. The van der Waals surface area contributed by atoms with Crippen molar-refractivity contribution in [3.05, 3.63) is 53.1 Å². The molecule has 7 nitrogen and oxygen atoms in total. The SMILES string of the molecule is Cc1cccc(N2CCN(C(=O)c3nccnc3C(=O)O)CC2)c1C. The van der Waals surface area contributed by atoms with Crippen LogP contribution in [0, 0.1) is 13.8 Å². The van der Waals surface area contributed by atoms with Gasteiger partial charge in [-0.3, -0.25) is 4.79 Å². The lowest BCUT2D eigenvalue weighted by Crippen LogP contribution is -2.49. The summed E-state index contributed by atoms with van der Waals surface area (Å²) in [5, 5.41) is 9.18. The molecule has 1 N–H and O–H groups in total. The van der Waals surface area contributed by atoms with Crippen LogP contribution in [0.5, 0.6) is 0 Å². The van der Waals surface area contributed by atoms with Gasteiger partial charge in [0.25, 0.3) is 5.91 Å². The maximum Gasteiger partial charge on any atom is 0.356 e. The van der Waals surface area contributed by atoms with Gasteiger partial charge in [-0.05, 0) is 31.0 Å². The number of nitrogens with zero attached hydrogens (tertiary/aromatic N) is 4. The van der Waals surface area contributed by atoms with E-state index in [-0.39, 0.29) is 17.3 Å². The van der Waals surface area contributed by atoms with Crippen LogP contribution in [-0.4, -0.2) is 58.0 Å². The van der Waals surface area contributed by atoms with Crippen molar-refractivity contribution in [3.63, 3.8) is 0 Å². The van der Waals surface area contributed by atoms with Gasteiger partial charge in [-0.1, -0.05) is 12.1 Å². The van der Waals surface area contributed by atoms with Crippen LogP contribution in [0.25, 0.3) is 0 Å². The number of anilines is 1. The molecule has 1 aromatic heterocycles. The van der Waals surface area contributed by atoms with E-state index < -0.39 is 5.97 Å². The van der Waals surface area contributed by atoms with Crippen LogP contribution in [0.3, 0.4) is 0 Å². The Morgan fingerprint density at radius 3 is 2.28 bits per heavy atom. The van der Waals surface area contributed by atoms with Crippen LogP contribution < -0.4 is 4.90 Å². The third-order valence-electron chi connectivity index (χ3n) is 4.59. The molecule has 0 spiro atoms. The molecule has 2 aromatic rings. The summed E-state index contributed by atoms with van der Waals surface area (Å²) in [6, 6.07) is 6.21. The van der Waals surface area contributed by atoms with Crippen molar-refractivity contribution >= 4 is 17.6 Å². The Bertz CT molecular complexity index is 814. The number of piperazine rings is 1. The van der Waals surface area contributed by atoms with Crippen LogP contribution >= 0.6 is 0 Å². The molecule has 7 heteroatoms. The predicted molar refractivity (Wildman–Crippen MR) is 93.0 cm³/mol. The summed E-state index contributed by atoms with van der Waals surface area (Å²) in [5.41, 5.74) is 3.25. The Kier molecular flexibility index (Phi) is 4.65. The molecular weight excluding hydrogens is 320 g/mol. The van der Waals surface area contributed by atoms with E-state index in [0.717, 1.165) is 0 Å². The third kappa shape index (κ3) is 3.31. The lowest BCUT2D eigenvalue weighted by Gasteiger charge is -2.37. The fourth-order valence-corrected chi connectivity index (χ4v) is 3.03. The summed E-state index contributed by atoms with van der Waals surface area (Å²) in [5.74, 6) is -1.63. The van der Waals surface area contributed by atoms with Crippen molar-refractivity contribution in [2.75, 3.05) is 31.1 Å². The normalized spacial score (nSPS) is 14.5. The molecule has 25 heavy (non-hydrogen) atoms. The van der Waals surface area contributed by atoms with Crippen molar-refractivity contribution in [2.45, 2.75) is 13.8 Å². The van der Waals surface area contributed by atoms with Crippen molar-refractivity contribution in [3.8, 4) is 0 Å². The van der Waals surface area contributed by atoms with Gasteiger partial charge in [-0.25, -0.2) is 14.8 Å². The van der Waals surface area contributed by atoms with E-state index in [1.807, 2.05) is 6.07 Å². The Balaban J connectivity index is 1.73. The minimum absolute atomic E-state index is 0.102. The molecule has 1 saturated heterocycles. The quantitative estimate of drug-likeness (QED) is 0.916. The van der Waals surface area contributed by atoms with Gasteiger partial charge in [0.05, 0.1) is 0 Å². The highest BCUT2D eigenvalue weighted by Crippen LogP contribution is 2.24. The second kappa shape index (κ2) is 6.88. The van der Waals surface area contributed by atoms with Crippen LogP contribution in [-0.2, 0) is 0 Å². The maximum absolute atomic E-state index is 12.6. The van der Waals surface area contributed by atoms with Gasteiger partial charge in [-0.15, -0.1) is 0 Å². The lowest BCUT2D eigenvalue weighted by molar-refractivity contribution is 0.0663. The number of hydrogen-bond donors (Lipinski definition) is 1. The van der Waals surface area contributed by atoms with Crippen LogP contribution in [0.15, 0.2) is 30.6 Å². The number of aromatic carboxylic acids is 1. The average molecular weight is 340 g/mol. The molecule has 0 unspecified atom stereocenters. The van der Waals surface area contributed by atoms with Crippen molar-refractivity contribution in [2.24, 2.45) is 0 Å². The Morgan fingerprint density at radius 2 is 1.64 bits per heavy atom. The van der Waals surface area contributed by atoms with Crippen molar-refractivity contribution in [1.29, 1.82) is 0 Å². The molecule has 2 heterocycles. The number of aryl methyl sites for hydroxylation is 1. The highest BCUT2D eigenvalue weighted by atomic mass is 16.4. The molecule has 0 atom stereocenters. The first-order valence-electron chi connectivity index (χ1n) is 8.13. The average Bonchev–Trinajstić information content (AvgIpc) is 2.63. The van der Waals surface area contributed by atoms with E-state index >= 15 is 0 Å². The molecule has 0 bridgehead atoms. The number of carbonyl (C=O) groups excluding carboxylic acids is 1. The standard InChI is InChI=1S/C18H20N4O3/c1-12-4-3-5-14(13(12)2)21-8-10-22(11-9-21)17(23)15-16(18(24)25)20-7-6-19-15/h3-7H,8-11H2,1-2H3,(H,24,25). The molecule has 0 saturated carbocycles. The van der Waals surface area contributed by atoms with Gasteiger partial charge in [0.1, 0.15) is 0 Å². The minimum Gasteiger partial charge on any atom is -0.476 e. The van der Waals surface area contributed by atoms with Gasteiger partial charge >= 0.3 is 5.97 Å². The van der Waals surface area contributed by atoms with Crippen molar-refractivity contribution < 1.29 is 14.7 Å². The molecule has 1 aliphatic heterocycles. The number of rotatable bonds is 3. The summed E-state index contributed by atoms with van der Waals surface area (Å²) in [4.78, 5) is 35.4. The topological polar surface area (TPSA) is 86.6 Å². The lowest BCUT2D eigenvalue weighted by atomic mass is 10.1. The van der Waals surface area contributed by atoms with E-state index in [1.54, 1.807) is 4.90 Å². The number of carbonyl (C=O) groups is 2. The Labute approximate surface area is 145 Å². The van der Waals surface area contributed by atoms with Gasteiger partial charge in [0.15, 0.2) is 11.4 Å². The smallest absolute Gasteiger partial charge is 0.356 e. The summed E-state index contributed by atoms with van der Waals surface area (Å²) >= 11 is 0. The number of carboxylic acid groups (broad SMARTS) is 1. The first-order chi connectivity index (χ1) is 12.0. The zero-order valence-electron chi connectivity index (χ0n) is 14.3. The van der Waals surface area contributed by atoms with E-state index in [9.17, 15) is 14.7 Å². The van der Waals surface area contributed by atoms with Crippen LogP contribution in [0.2, 0.25) is 0 Å². The fraction of sp³-hybridized carbons (Fsp3) is 0.333. The molecule has 3 rings (SSSR count). The van der Waals surface area contributed by atoms with Gasteiger partial charge < -0.3 is 14.9 Å². The second-order valence-electron chi connectivity index (χ2n) is 6.06. The number of aromatic nitrogens is 2. The molecule has 0 radical (unpaired) electrons. The van der Waals surface area contributed by atoms with Crippen molar-refractivity contribution in [1.82, 2.24) is 14.9 Å². The Morgan fingerprint density at radius 1 is 1.00 bits per heavy atom. The monoisotopic (exact) mass is 340 g/mol. The first kappa shape index (κ1) is 16.9. The number of carboxylic acids is 1. The summed E-state index contributed by atoms with van der Waals surface area (Å²) < 4.78 is 0. The molecule has 1 aliphatic rings. The van der Waals surface area contributed by atoms with Crippen LogP contribution in [0.4, 0.5) is 5.69 Å². The largest absolute Gasteiger partial charge is 0.476 e. The maximum atomic E-state index is 12.6. The van der Waals surface area contributed by atoms with E-state index in [2.05, 4.69) is 40.8 Å². The molecule has 1 aromatic carbocycles. The molecule has 0 aliphatic carbocycles. The first-order valence-corrected chi connectivity index (χ1v) is 8.13. The number of hydrogen-bond acceptors (Lipinski definition) is 5. The zero-order chi connectivity index (χ0) is 18.0. The van der Waals surface area contributed by atoms with Gasteiger partial charge in [-0.2, -0.15) is 0 Å². The minimum atomic E-state index is -1.24. The van der Waals surface area contributed by atoms with Gasteiger partial charge in [0.2, 0.25) is 0 Å². The summed E-state index contributed by atoms with van der Waals surface area (Å²) in [6.45, 7) is 6.60. The van der Waals surface area contributed by atoms with Crippen LogP contribution in [0.1, 0.15) is 32.1 Å². The van der Waals surface area contributed by atoms with E-state index in [1.165, 1.54) is 29.2 Å². The number of benzene rings is 1. The highest BCUT2D eigenvalue weighted by Gasteiger charge is 2.27. The fourth-order valence-electron chi connectivity index (χ4n) is 3.03. The second-order valence-corrected chi connectivity index (χ2v) is 6.06. The third-order valence-corrected chi connectivity index (χ3v) is 4.59. The molecule has 130 valence electrons. The summed E-state index contributed by atoms with van der Waals surface area (Å²) in [6.07, 6.45) is 2.62. The zero-order valence-corrected chi connectivity index (χ0v) is 14.3. The van der Waals surface area contributed by atoms with Gasteiger partial charge in [0, 0.05) is 44.3 Å². The molecular formula is C18H20N4O3. The highest BCUT2D eigenvalue weighted by molar-refractivity contribution is 6.02. The van der Waals surface area contributed by atoms with E-state index in [4.69, 9.17) is 0 Å². The van der Waals surface area contributed by atoms with E-state index in [0.29, 0.717) is 26.2 Å². The predicted octanol–water partition coefficient (Wildman–Crippen LogP) is 1.75. The molecule has 1 fully saturated rings.